The minimum Gasteiger partial charge on any atom is -0.313 e. The molecule has 0 spiro atoms. The van der Waals surface area contributed by atoms with Crippen molar-refractivity contribution in [2.45, 2.75) is 77.0 Å². The van der Waals surface area contributed by atoms with Crippen LogP contribution in [0, 0.1) is 0 Å². The smallest absolute Gasteiger partial charge is 0.160 e. The largest absolute Gasteiger partial charge is 0.313 e. The molecule has 0 unspecified atom stereocenters. The summed E-state index contributed by atoms with van der Waals surface area (Å²) in [7, 11) is 0. The number of hydrogen-bond donors (Lipinski definition) is 0. The molecule has 646 valence electrons. The van der Waals surface area contributed by atoms with Crippen LogP contribution in [-0.2, 0) is 38.5 Å². The third kappa shape index (κ3) is 17.0. The van der Waals surface area contributed by atoms with Gasteiger partial charge in [-0.1, -0.05) is 370 Å². The van der Waals surface area contributed by atoms with E-state index in [2.05, 4.69) is 463 Å². The van der Waals surface area contributed by atoms with E-state index in [1.165, 1.54) is 196 Å². The number of fused-ring (bicyclic) bond motifs is 9. The Kier molecular flexibility index (Phi) is 23.0. The second-order valence-electron chi connectivity index (χ2n) is 35.8. The normalized spacial score (nSPS) is 12.7. The molecule has 7 nitrogen and oxygen atoms in total. The summed E-state index contributed by atoms with van der Waals surface area (Å²) in [6.45, 7) is 0. The molecule has 135 heavy (non-hydrogen) atoms. The average molecular weight is 1740 g/mol. The number of rotatable bonds is 16. The van der Waals surface area contributed by atoms with Crippen molar-refractivity contribution in [3.63, 3.8) is 0 Å². The number of para-hydroxylation sites is 3. The van der Waals surface area contributed by atoms with Crippen molar-refractivity contribution in [2.75, 3.05) is 0 Å². The van der Waals surface area contributed by atoms with Gasteiger partial charge in [-0.25, -0.2) is 19.9 Å². The number of aromatic nitrogens is 7. The van der Waals surface area contributed by atoms with Gasteiger partial charge in [0.15, 0.2) is 5.82 Å². The molecule has 0 saturated carbocycles. The molecule has 22 aromatic rings. The summed E-state index contributed by atoms with van der Waals surface area (Å²) >= 11 is 0. The molecule has 0 amide bonds. The molecule has 7 heteroatoms. The second-order valence-corrected chi connectivity index (χ2v) is 35.8. The number of nitrogens with zero attached hydrogens (tertiary/aromatic N) is 7. The van der Waals surface area contributed by atoms with E-state index in [9.17, 15) is 0 Å². The quantitative estimate of drug-likeness (QED) is 0.0967. The Hall–Kier alpha value is -16.5. The van der Waals surface area contributed by atoms with Gasteiger partial charge in [-0.05, 0) is 245 Å². The van der Waals surface area contributed by atoms with Crippen molar-refractivity contribution in [1.82, 2.24) is 33.6 Å². The molecule has 3 aliphatic carbocycles. The lowest BCUT2D eigenvalue weighted by Gasteiger charge is -2.17. The molecule has 6 aromatic heterocycles. The third-order valence-electron chi connectivity index (χ3n) is 27.5. The zero-order chi connectivity index (χ0) is 89.8. The predicted octanol–water partition coefficient (Wildman–Crippen LogP) is 32.8. The molecule has 0 radical (unpaired) electrons. The molecule has 0 aliphatic heterocycles. The fourth-order valence-electron chi connectivity index (χ4n) is 20.7. The van der Waals surface area contributed by atoms with Crippen LogP contribution in [0.5, 0.6) is 0 Å². The topological polar surface area (TPSA) is 66.3 Å². The van der Waals surface area contributed by atoms with E-state index in [1.807, 2.05) is 6.07 Å². The molecule has 0 bridgehead atoms. The lowest BCUT2D eigenvalue weighted by Crippen LogP contribution is -2.07. The van der Waals surface area contributed by atoms with E-state index in [0.717, 1.165) is 104 Å². The van der Waals surface area contributed by atoms with Gasteiger partial charge in [0.2, 0.25) is 0 Å². The van der Waals surface area contributed by atoms with Gasteiger partial charge in [-0.2, -0.15) is 0 Å². The van der Waals surface area contributed by atoms with Crippen LogP contribution in [0.4, 0.5) is 0 Å². The van der Waals surface area contributed by atoms with E-state index in [-0.39, 0.29) is 0 Å². The summed E-state index contributed by atoms with van der Waals surface area (Å²) in [5.74, 6) is 0.716. The molecule has 16 aromatic carbocycles. The van der Waals surface area contributed by atoms with Crippen molar-refractivity contribution in [3.05, 3.63) is 489 Å². The van der Waals surface area contributed by atoms with Crippen LogP contribution in [0.25, 0.3) is 195 Å². The third-order valence-corrected chi connectivity index (χ3v) is 27.5. The molecule has 6 heterocycles. The highest BCUT2D eigenvalue weighted by Gasteiger charge is 2.26. The number of aryl methyl sites for hydroxylation is 3. The second kappa shape index (κ2) is 37.4. The molecule has 0 saturated heterocycles. The van der Waals surface area contributed by atoms with Crippen LogP contribution in [-0.4, -0.2) is 33.6 Å². The number of benzene rings is 16. The highest BCUT2D eigenvalue weighted by Crippen LogP contribution is 2.43. The van der Waals surface area contributed by atoms with Crippen molar-refractivity contribution >= 4 is 32.7 Å². The zero-order valence-electron chi connectivity index (χ0n) is 75.4. The van der Waals surface area contributed by atoms with Crippen LogP contribution >= 0.6 is 0 Å². The Labute approximate surface area is 789 Å². The van der Waals surface area contributed by atoms with Gasteiger partial charge in [-0.15, -0.1) is 0 Å². The van der Waals surface area contributed by atoms with Crippen LogP contribution in [0.2, 0.25) is 0 Å². The first-order chi connectivity index (χ1) is 66.9. The van der Waals surface area contributed by atoms with Crippen LogP contribution < -0.4 is 0 Å². The van der Waals surface area contributed by atoms with E-state index in [0.29, 0.717) is 5.82 Å². The molecule has 3 aliphatic rings. The Morgan fingerprint density at radius 1 is 0.148 bits per heavy atom. The van der Waals surface area contributed by atoms with Crippen molar-refractivity contribution in [2.24, 2.45) is 0 Å². The Morgan fingerprint density at radius 3 is 0.719 bits per heavy atom. The highest BCUT2D eigenvalue weighted by atomic mass is 15.0. The van der Waals surface area contributed by atoms with Crippen molar-refractivity contribution in [3.8, 4) is 163 Å². The molecule has 0 N–H and O–H groups in total. The zero-order valence-corrected chi connectivity index (χ0v) is 75.4. The van der Waals surface area contributed by atoms with Gasteiger partial charge in [0.1, 0.15) is 0 Å². The minimum absolute atomic E-state index is 0.716. The molecular formula is C128H99N7. The van der Waals surface area contributed by atoms with E-state index in [4.69, 9.17) is 19.9 Å². The maximum atomic E-state index is 5.24. The van der Waals surface area contributed by atoms with E-state index >= 15 is 0 Å². The van der Waals surface area contributed by atoms with Gasteiger partial charge >= 0.3 is 0 Å². The monoisotopic (exact) mass is 1730 g/mol. The molecule has 0 atom stereocenters. The maximum absolute atomic E-state index is 5.24. The van der Waals surface area contributed by atoms with Crippen LogP contribution in [0.1, 0.15) is 72.3 Å². The van der Waals surface area contributed by atoms with Gasteiger partial charge in [0, 0.05) is 89.2 Å². The number of pyridine rings is 2. The summed E-state index contributed by atoms with van der Waals surface area (Å²) < 4.78 is 7.48. The summed E-state index contributed by atoms with van der Waals surface area (Å²) in [5, 5.41) is 4.20. The lowest BCUT2D eigenvalue weighted by atomic mass is 9.95. The Morgan fingerprint density at radius 2 is 0.378 bits per heavy atom. The summed E-state index contributed by atoms with van der Waals surface area (Å²) in [4.78, 5) is 20.6. The molecule has 25 rings (SSSR count). The molecule has 0 fully saturated rings. The first-order valence-corrected chi connectivity index (χ1v) is 47.8. The van der Waals surface area contributed by atoms with Gasteiger partial charge in [0.25, 0.3) is 0 Å². The van der Waals surface area contributed by atoms with E-state index < -0.39 is 0 Å². The first kappa shape index (κ1) is 82.9. The summed E-state index contributed by atoms with van der Waals surface area (Å²) in [6.07, 6.45) is 14.5. The van der Waals surface area contributed by atoms with Gasteiger partial charge in [0.05, 0.1) is 50.7 Å². The Balaban J connectivity index is 0.000000115. The summed E-state index contributed by atoms with van der Waals surface area (Å²) in [6, 6.07) is 163. The first-order valence-electron chi connectivity index (χ1n) is 47.8. The fraction of sp³-hybridized carbons (Fsp3) is 0.0938. The lowest BCUT2D eigenvalue weighted by molar-refractivity contribution is 0.667. The predicted molar refractivity (Wildman–Crippen MR) is 562 cm³/mol. The Bertz CT molecular complexity index is 7380. The van der Waals surface area contributed by atoms with Crippen LogP contribution in [0.15, 0.2) is 455 Å². The van der Waals surface area contributed by atoms with Gasteiger partial charge < -0.3 is 13.7 Å². The average Bonchev–Trinajstić information content (AvgIpc) is 1.74. The SMILES string of the molecule is c1ccc(-c2cc(-c3cccc(-n4c5c(c6ccccc64)CCCC5)c3)cc(-c3ccccc3)n2)cc1.c1ccc(-c2ccc(-c3cc(-c4ccc(-n5c6c(c7ccccc75)CCCC6)cc4)cc(-c4ccc(-c5ccccc5)cc4)n3)cc2)cc1.c1ccc(-c2ccc(-c3cc(-c4ccc(-n5c6c(c7ccccc75)CCCC6)cc4)nc(-c4ccc(-c5ccccc5)cc4)n3)cc2)cc1. The van der Waals surface area contributed by atoms with E-state index in [1.54, 1.807) is 0 Å². The van der Waals surface area contributed by atoms with Crippen LogP contribution in [0.3, 0.4) is 0 Å². The maximum Gasteiger partial charge on any atom is 0.160 e. The standard InChI is InChI=1S/C47H36N2.C46H35N3.C35H28N2/c1-3-11-33(12-4-1)35-19-23-38(24-20-35)44-31-40(32-45(48-44)39-25-21-36(22-26-39)34-13-5-2-6-14-34)37-27-29-41(30-28-37)49-46-17-9-7-15-42(46)43-16-8-10-18-47(43)49;1-3-11-32(12-4-1)34-19-23-36(24-20-34)42-31-43(48-46(47-42)38-25-21-35(22-26-38)33-13-5-2-6-14-33)37-27-29-39(30-28-37)49-44-17-9-7-15-40(44)41-16-8-10-18-45(41)49;1-3-12-25(13-4-1)32-23-28(24-33(36-32)26-14-5-2-6-15-26)27-16-11-17-29(22-27)37-34-20-9-7-18-30(34)31-19-8-10-21-35(31)37/h1-7,9,11-15,17,19-32H,8,10,16,18H2;1-7,9,11-15,17,19-31H,8,10,16,18H2;1-7,9,11-18,20,22-24H,8,10,19,21H2. The highest BCUT2D eigenvalue weighted by molar-refractivity contribution is 5.92. The van der Waals surface area contributed by atoms with Gasteiger partial charge in [-0.3, -0.25) is 0 Å². The fourth-order valence-corrected chi connectivity index (χ4v) is 20.7. The van der Waals surface area contributed by atoms with Crippen molar-refractivity contribution < 1.29 is 0 Å². The molecular weight excluding hydrogens is 1640 g/mol. The number of hydrogen-bond acceptors (Lipinski definition) is 4. The minimum atomic E-state index is 0.716. The van der Waals surface area contributed by atoms with Crippen molar-refractivity contribution in [1.29, 1.82) is 0 Å². The summed E-state index contributed by atoms with van der Waals surface area (Å²) in [5.41, 5.74) is 44.2.